The maximum absolute atomic E-state index is 11.9. The Morgan fingerprint density at radius 1 is 1.19 bits per heavy atom. The molecule has 5 heteroatoms. The summed E-state index contributed by atoms with van der Waals surface area (Å²) in [5.41, 5.74) is 1.00. The molecule has 0 spiro atoms. The Hall–Kier alpha value is -2.04. The number of anilines is 1. The van der Waals surface area contributed by atoms with Gasteiger partial charge in [0.25, 0.3) is 0 Å². The minimum Gasteiger partial charge on any atom is -0.365 e. The van der Waals surface area contributed by atoms with Crippen molar-refractivity contribution in [1.82, 2.24) is 10.2 Å². The highest BCUT2D eigenvalue weighted by Gasteiger charge is 2.17. The van der Waals surface area contributed by atoms with E-state index >= 15 is 0 Å². The predicted molar refractivity (Wildman–Crippen MR) is 83.2 cm³/mol. The van der Waals surface area contributed by atoms with Crippen LogP contribution in [0.15, 0.2) is 30.3 Å². The van der Waals surface area contributed by atoms with E-state index in [-0.39, 0.29) is 11.8 Å². The van der Waals surface area contributed by atoms with Gasteiger partial charge in [0.05, 0.1) is 6.54 Å². The summed E-state index contributed by atoms with van der Waals surface area (Å²) in [5, 5.41) is 2.81. The van der Waals surface area contributed by atoms with E-state index in [9.17, 15) is 9.59 Å². The number of para-hydroxylation sites is 1. The minimum atomic E-state index is -0.0597. The van der Waals surface area contributed by atoms with Crippen molar-refractivity contribution >= 4 is 17.5 Å². The van der Waals surface area contributed by atoms with Crippen LogP contribution in [0.2, 0.25) is 0 Å². The van der Waals surface area contributed by atoms with Crippen molar-refractivity contribution in [2.45, 2.75) is 19.3 Å². The standard InChI is InChI=1S/C16H23N3O2/c1-18(14-7-3-2-4-8-14)13-15(20)17-10-9-16(21)19-11-5-6-12-19/h2-4,7-8H,5-6,9-13H2,1H3,(H,17,20). The lowest BCUT2D eigenvalue weighted by molar-refractivity contribution is -0.130. The Bertz CT molecular complexity index is 470. The highest BCUT2D eigenvalue weighted by Crippen LogP contribution is 2.10. The number of hydrogen-bond donors (Lipinski definition) is 1. The normalized spacial score (nSPS) is 14.0. The Balaban J connectivity index is 1.66. The van der Waals surface area contributed by atoms with E-state index in [2.05, 4.69) is 5.32 Å². The van der Waals surface area contributed by atoms with Crippen LogP contribution in [0.3, 0.4) is 0 Å². The fourth-order valence-corrected chi connectivity index (χ4v) is 2.48. The highest BCUT2D eigenvalue weighted by atomic mass is 16.2. The molecule has 1 N–H and O–H groups in total. The number of benzene rings is 1. The van der Waals surface area contributed by atoms with Crippen LogP contribution in [0, 0.1) is 0 Å². The largest absolute Gasteiger partial charge is 0.365 e. The zero-order valence-electron chi connectivity index (χ0n) is 12.5. The Labute approximate surface area is 125 Å². The van der Waals surface area contributed by atoms with Crippen molar-refractivity contribution in [2.24, 2.45) is 0 Å². The number of likely N-dealkylation sites (tertiary alicyclic amines) is 1. The van der Waals surface area contributed by atoms with Crippen molar-refractivity contribution in [1.29, 1.82) is 0 Å². The molecule has 1 aromatic rings. The molecular weight excluding hydrogens is 266 g/mol. The second kappa shape index (κ2) is 7.67. The smallest absolute Gasteiger partial charge is 0.239 e. The molecule has 21 heavy (non-hydrogen) atoms. The summed E-state index contributed by atoms with van der Waals surface area (Å²) in [4.78, 5) is 27.5. The third kappa shape index (κ3) is 4.77. The van der Waals surface area contributed by atoms with Gasteiger partial charge >= 0.3 is 0 Å². The van der Waals surface area contributed by atoms with E-state index in [1.54, 1.807) is 0 Å². The topological polar surface area (TPSA) is 52.7 Å². The Kier molecular flexibility index (Phi) is 5.60. The average molecular weight is 289 g/mol. The molecule has 1 saturated heterocycles. The molecule has 0 unspecified atom stereocenters. The number of nitrogens with one attached hydrogen (secondary N) is 1. The van der Waals surface area contributed by atoms with Crippen LogP contribution >= 0.6 is 0 Å². The van der Waals surface area contributed by atoms with Crippen LogP contribution in [0.1, 0.15) is 19.3 Å². The maximum atomic E-state index is 11.9. The van der Waals surface area contributed by atoms with Gasteiger partial charge in [0.15, 0.2) is 0 Å². The van der Waals surface area contributed by atoms with Crippen LogP contribution in [-0.2, 0) is 9.59 Å². The van der Waals surface area contributed by atoms with Gasteiger partial charge in [-0.2, -0.15) is 0 Å². The van der Waals surface area contributed by atoms with Crippen LogP contribution in [0.25, 0.3) is 0 Å². The summed E-state index contributed by atoms with van der Waals surface area (Å²) in [5.74, 6) is 0.0831. The lowest BCUT2D eigenvalue weighted by Gasteiger charge is -2.19. The van der Waals surface area contributed by atoms with Gasteiger partial charge in [-0.25, -0.2) is 0 Å². The zero-order chi connectivity index (χ0) is 15.1. The first-order chi connectivity index (χ1) is 10.2. The van der Waals surface area contributed by atoms with E-state index < -0.39 is 0 Å². The number of amides is 2. The predicted octanol–water partition coefficient (Wildman–Crippen LogP) is 1.25. The van der Waals surface area contributed by atoms with Crippen molar-refractivity contribution < 1.29 is 9.59 Å². The van der Waals surface area contributed by atoms with Crippen molar-refractivity contribution in [3.63, 3.8) is 0 Å². The first kappa shape index (κ1) is 15.4. The molecule has 2 rings (SSSR count). The van der Waals surface area contributed by atoms with Crippen LogP contribution in [0.5, 0.6) is 0 Å². The SMILES string of the molecule is CN(CC(=O)NCCC(=O)N1CCCC1)c1ccccc1. The van der Waals surface area contributed by atoms with Gasteiger partial charge in [-0.1, -0.05) is 18.2 Å². The van der Waals surface area contributed by atoms with Gasteiger partial charge in [0.2, 0.25) is 11.8 Å². The number of hydrogen-bond acceptors (Lipinski definition) is 3. The molecule has 0 aliphatic carbocycles. The molecule has 0 atom stereocenters. The van der Waals surface area contributed by atoms with Crippen LogP contribution in [-0.4, -0.2) is 49.9 Å². The summed E-state index contributed by atoms with van der Waals surface area (Å²) in [6, 6.07) is 9.76. The second-order valence-corrected chi connectivity index (χ2v) is 5.38. The van der Waals surface area contributed by atoms with Gasteiger partial charge in [-0.15, -0.1) is 0 Å². The molecule has 1 aliphatic heterocycles. The molecule has 5 nitrogen and oxygen atoms in total. The maximum Gasteiger partial charge on any atom is 0.239 e. The molecule has 1 fully saturated rings. The molecule has 0 bridgehead atoms. The van der Waals surface area contributed by atoms with E-state index in [0.717, 1.165) is 31.6 Å². The van der Waals surface area contributed by atoms with Gasteiger partial charge < -0.3 is 15.1 Å². The van der Waals surface area contributed by atoms with E-state index in [1.165, 1.54) is 0 Å². The van der Waals surface area contributed by atoms with Gasteiger partial charge in [-0.3, -0.25) is 9.59 Å². The molecule has 1 aliphatic rings. The quantitative estimate of drug-likeness (QED) is 0.857. The lowest BCUT2D eigenvalue weighted by atomic mass is 10.3. The molecule has 0 saturated carbocycles. The Morgan fingerprint density at radius 2 is 1.86 bits per heavy atom. The van der Waals surface area contributed by atoms with Crippen molar-refractivity contribution in [3.8, 4) is 0 Å². The van der Waals surface area contributed by atoms with Crippen molar-refractivity contribution in [3.05, 3.63) is 30.3 Å². The first-order valence-corrected chi connectivity index (χ1v) is 7.47. The van der Waals surface area contributed by atoms with Crippen LogP contribution in [0.4, 0.5) is 5.69 Å². The lowest BCUT2D eigenvalue weighted by Crippen LogP contribution is -2.37. The number of carbonyl (C=O) groups is 2. The van der Waals surface area contributed by atoms with E-state index in [4.69, 9.17) is 0 Å². The molecule has 0 radical (unpaired) electrons. The minimum absolute atomic E-state index is 0.0597. The monoisotopic (exact) mass is 289 g/mol. The van der Waals surface area contributed by atoms with Crippen molar-refractivity contribution in [2.75, 3.05) is 38.1 Å². The van der Waals surface area contributed by atoms with Crippen LogP contribution < -0.4 is 10.2 Å². The summed E-state index contributed by atoms with van der Waals surface area (Å²) in [6.07, 6.45) is 2.58. The van der Waals surface area contributed by atoms with Gasteiger partial charge in [0.1, 0.15) is 0 Å². The number of carbonyl (C=O) groups excluding carboxylic acids is 2. The van der Waals surface area contributed by atoms with E-state index in [0.29, 0.717) is 19.5 Å². The number of nitrogens with zero attached hydrogens (tertiary/aromatic N) is 2. The summed E-state index contributed by atoms with van der Waals surface area (Å²) in [7, 11) is 1.88. The molecule has 1 heterocycles. The summed E-state index contributed by atoms with van der Waals surface area (Å²) >= 11 is 0. The molecule has 2 amide bonds. The summed E-state index contributed by atoms with van der Waals surface area (Å²) < 4.78 is 0. The number of rotatable bonds is 6. The Morgan fingerprint density at radius 3 is 2.52 bits per heavy atom. The average Bonchev–Trinajstić information content (AvgIpc) is 3.02. The van der Waals surface area contributed by atoms with Gasteiger partial charge in [-0.05, 0) is 25.0 Å². The van der Waals surface area contributed by atoms with E-state index in [1.807, 2.05) is 47.2 Å². The molecule has 114 valence electrons. The molecule has 0 aromatic heterocycles. The zero-order valence-corrected chi connectivity index (χ0v) is 12.5. The van der Waals surface area contributed by atoms with Gasteiger partial charge in [0, 0.05) is 38.8 Å². The highest BCUT2D eigenvalue weighted by molar-refractivity contribution is 5.82. The fraction of sp³-hybridized carbons (Fsp3) is 0.500. The first-order valence-electron chi connectivity index (χ1n) is 7.47. The molecular formula is C16H23N3O2. The third-order valence-corrected chi connectivity index (χ3v) is 3.70. The number of likely N-dealkylation sites (N-methyl/N-ethyl adjacent to an activating group) is 1. The summed E-state index contributed by atoms with van der Waals surface area (Å²) in [6.45, 7) is 2.44. The third-order valence-electron chi connectivity index (χ3n) is 3.70. The second-order valence-electron chi connectivity index (χ2n) is 5.38. The fourth-order valence-electron chi connectivity index (χ4n) is 2.48. The molecule has 1 aromatic carbocycles.